The second-order valence-electron chi connectivity index (χ2n) is 9.14. The average Bonchev–Trinajstić information content (AvgIpc) is 2.83. The van der Waals surface area contributed by atoms with E-state index >= 15 is 0 Å². The molecule has 3 fully saturated rings. The number of hydrogen-bond acceptors (Lipinski definition) is 1. The lowest BCUT2D eigenvalue weighted by molar-refractivity contribution is -0.148. The highest BCUT2D eigenvalue weighted by Crippen LogP contribution is 2.66. The molecule has 0 spiro atoms. The van der Waals surface area contributed by atoms with Crippen LogP contribution in [0.2, 0.25) is 0 Å². The maximum atomic E-state index is 11.7. The Bertz CT molecular complexity index is 601. The van der Waals surface area contributed by atoms with E-state index in [1.54, 1.807) is 5.57 Å². The first-order valence-electron chi connectivity index (χ1n) is 9.47. The fourth-order valence-electron chi connectivity index (χ4n) is 7.05. The fourth-order valence-corrected chi connectivity index (χ4v) is 7.05. The van der Waals surface area contributed by atoms with Crippen molar-refractivity contribution in [3.8, 4) is 0 Å². The van der Waals surface area contributed by atoms with Crippen LogP contribution in [-0.2, 0) is 4.79 Å². The predicted octanol–water partition coefficient (Wildman–Crippen LogP) is 5.21. The van der Waals surface area contributed by atoms with Gasteiger partial charge in [-0.25, -0.2) is 0 Å². The summed E-state index contributed by atoms with van der Waals surface area (Å²) in [6, 6.07) is 0. The van der Waals surface area contributed by atoms with Gasteiger partial charge in [0.05, 0.1) is 5.92 Å². The van der Waals surface area contributed by atoms with Crippen LogP contribution in [0.25, 0.3) is 0 Å². The molecule has 23 heavy (non-hydrogen) atoms. The van der Waals surface area contributed by atoms with Crippen molar-refractivity contribution in [3.05, 3.63) is 23.3 Å². The van der Waals surface area contributed by atoms with Gasteiger partial charge in [0, 0.05) is 5.41 Å². The van der Waals surface area contributed by atoms with Gasteiger partial charge in [0.25, 0.3) is 0 Å². The number of allylic oxidation sites excluding steroid dienone is 4. The van der Waals surface area contributed by atoms with Crippen LogP contribution in [0.15, 0.2) is 23.3 Å². The molecular formula is C21H30O2. The lowest BCUT2D eigenvalue weighted by atomic mass is 9.47. The third-order valence-corrected chi connectivity index (χ3v) is 8.16. The van der Waals surface area contributed by atoms with E-state index in [1.807, 2.05) is 0 Å². The molecule has 0 aliphatic heterocycles. The number of carboxylic acids is 1. The van der Waals surface area contributed by atoms with E-state index in [9.17, 15) is 9.90 Å². The lowest BCUT2D eigenvalue weighted by Gasteiger charge is -2.57. The summed E-state index contributed by atoms with van der Waals surface area (Å²) in [5, 5.41) is 9.67. The average molecular weight is 314 g/mol. The largest absolute Gasteiger partial charge is 0.481 e. The highest BCUT2D eigenvalue weighted by atomic mass is 16.4. The van der Waals surface area contributed by atoms with Gasteiger partial charge in [-0.1, -0.05) is 37.1 Å². The molecule has 0 heterocycles. The number of rotatable bonds is 1. The molecular weight excluding hydrogens is 284 g/mol. The third kappa shape index (κ3) is 2.03. The van der Waals surface area contributed by atoms with Gasteiger partial charge in [0.15, 0.2) is 0 Å². The molecule has 0 bridgehead atoms. The topological polar surface area (TPSA) is 37.3 Å². The molecule has 0 radical (unpaired) electrons. The first-order chi connectivity index (χ1) is 10.9. The molecule has 0 amide bonds. The Labute approximate surface area is 140 Å². The zero-order valence-electron chi connectivity index (χ0n) is 14.8. The lowest BCUT2D eigenvalue weighted by Crippen LogP contribution is -2.50. The molecule has 3 saturated carbocycles. The van der Waals surface area contributed by atoms with Crippen molar-refractivity contribution in [2.24, 2.45) is 34.5 Å². The van der Waals surface area contributed by atoms with Crippen LogP contribution in [0.3, 0.4) is 0 Å². The van der Waals surface area contributed by atoms with Crippen molar-refractivity contribution in [2.45, 2.75) is 65.7 Å². The van der Waals surface area contributed by atoms with Crippen molar-refractivity contribution < 1.29 is 9.90 Å². The van der Waals surface area contributed by atoms with E-state index in [1.165, 1.54) is 24.8 Å². The van der Waals surface area contributed by atoms with Gasteiger partial charge in [-0.05, 0) is 75.0 Å². The minimum Gasteiger partial charge on any atom is -0.481 e. The summed E-state index contributed by atoms with van der Waals surface area (Å²) >= 11 is 0. The van der Waals surface area contributed by atoms with Crippen LogP contribution < -0.4 is 0 Å². The zero-order valence-corrected chi connectivity index (χ0v) is 14.8. The second kappa shape index (κ2) is 4.97. The summed E-state index contributed by atoms with van der Waals surface area (Å²) in [4.78, 5) is 11.7. The Morgan fingerprint density at radius 1 is 1.17 bits per heavy atom. The Morgan fingerprint density at radius 2 is 1.96 bits per heavy atom. The van der Waals surface area contributed by atoms with Gasteiger partial charge < -0.3 is 5.11 Å². The van der Waals surface area contributed by atoms with E-state index in [0.29, 0.717) is 5.92 Å². The maximum absolute atomic E-state index is 11.7. The molecule has 4 aliphatic rings. The smallest absolute Gasteiger partial charge is 0.307 e. The summed E-state index contributed by atoms with van der Waals surface area (Å²) in [5.74, 6) is 1.41. The van der Waals surface area contributed by atoms with Gasteiger partial charge in [-0.15, -0.1) is 0 Å². The molecule has 6 atom stereocenters. The van der Waals surface area contributed by atoms with Crippen LogP contribution in [0, 0.1) is 34.5 Å². The number of aliphatic carboxylic acids is 1. The number of fused-ring (bicyclic) bond motifs is 5. The summed E-state index contributed by atoms with van der Waals surface area (Å²) in [6.45, 7) is 7.02. The SMILES string of the molecule is CC1=C[C@@]2(C)C(=CC1)CC[C@@H]1[C@@H]2CC[C@]2(C)C(C(=O)O)CC[C@@H]12. The fraction of sp³-hybridized carbons (Fsp3) is 0.762. The second-order valence-corrected chi connectivity index (χ2v) is 9.14. The van der Waals surface area contributed by atoms with Crippen molar-refractivity contribution in [2.75, 3.05) is 0 Å². The zero-order chi connectivity index (χ0) is 16.4. The van der Waals surface area contributed by atoms with E-state index in [4.69, 9.17) is 0 Å². The van der Waals surface area contributed by atoms with Crippen molar-refractivity contribution >= 4 is 5.97 Å². The number of hydrogen-bond donors (Lipinski definition) is 1. The highest BCUT2D eigenvalue weighted by Gasteiger charge is 2.59. The van der Waals surface area contributed by atoms with Crippen molar-refractivity contribution in [1.82, 2.24) is 0 Å². The minimum absolute atomic E-state index is 0.0397. The van der Waals surface area contributed by atoms with Crippen LogP contribution in [0.1, 0.15) is 65.7 Å². The standard InChI is InChI=1S/C21H30O2/c1-13-4-5-14-6-7-15-16-8-9-18(19(22)23)20(16,2)11-10-17(15)21(14,3)12-13/h5,12,15-18H,4,6-11H2,1-3H3,(H,22,23)/t15-,16-,17-,18?,20-,21-/m0/s1. The summed E-state index contributed by atoms with van der Waals surface area (Å²) in [7, 11) is 0. The molecule has 1 unspecified atom stereocenters. The van der Waals surface area contributed by atoms with Gasteiger partial charge in [-0.3, -0.25) is 4.79 Å². The number of carboxylic acid groups (broad SMARTS) is 1. The molecule has 0 aromatic carbocycles. The van der Waals surface area contributed by atoms with Crippen LogP contribution in [0.4, 0.5) is 0 Å². The van der Waals surface area contributed by atoms with Gasteiger partial charge >= 0.3 is 5.97 Å². The van der Waals surface area contributed by atoms with Gasteiger partial charge in [0.1, 0.15) is 0 Å². The van der Waals surface area contributed by atoms with Crippen LogP contribution in [0.5, 0.6) is 0 Å². The summed E-state index contributed by atoms with van der Waals surface area (Å²) in [5.41, 5.74) is 3.46. The first-order valence-corrected chi connectivity index (χ1v) is 9.47. The van der Waals surface area contributed by atoms with Gasteiger partial charge in [-0.2, -0.15) is 0 Å². The molecule has 4 aliphatic carbocycles. The van der Waals surface area contributed by atoms with E-state index in [2.05, 4.69) is 32.9 Å². The number of carbonyl (C=O) groups is 1. The van der Waals surface area contributed by atoms with E-state index < -0.39 is 5.97 Å². The first kappa shape index (κ1) is 15.5. The molecule has 2 nitrogen and oxygen atoms in total. The van der Waals surface area contributed by atoms with E-state index in [-0.39, 0.29) is 16.7 Å². The Balaban J connectivity index is 1.69. The normalized spacial score (nSPS) is 48.7. The Hall–Kier alpha value is -1.05. The van der Waals surface area contributed by atoms with Crippen LogP contribution in [-0.4, -0.2) is 11.1 Å². The Kier molecular flexibility index (Phi) is 3.35. The molecule has 2 heteroatoms. The summed E-state index contributed by atoms with van der Waals surface area (Å²) in [6.07, 6.45) is 13.0. The van der Waals surface area contributed by atoms with Crippen LogP contribution >= 0.6 is 0 Å². The van der Waals surface area contributed by atoms with Crippen molar-refractivity contribution in [1.29, 1.82) is 0 Å². The molecule has 0 aromatic heterocycles. The molecule has 4 rings (SSSR count). The molecule has 0 saturated heterocycles. The Morgan fingerprint density at radius 3 is 2.70 bits per heavy atom. The monoisotopic (exact) mass is 314 g/mol. The van der Waals surface area contributed by atoms with Crippen molar-refractivity contribution in [3.63, 3.8) is 0 Å². The molecule has 0 aromatic rings. The summed E-state index contributed by atoms with van der Waals surface area (Å²) < 4.78 is 0. The van der Waals surface area contributed by atoms with E-state index in [0.717, 1.165) is 37.5 Å². The van der Waals surface area contributed by atoms with Gasteiger partial charge in [0.2, 0.25) is 0 Å². The highest BCUT2D eigenvalue weighted by molar-refractivity contribution is 5.71. The quantitative estimate of drug-likeness (QED) is 0.675. The predicted molar refractivity (Wildman–Crippen MR) is 92.0 cm³/mol. The molecule has 1 N–H and O–H groups in total. The molecule has 126 valence electrons. The maximum Gasteiger partial charge on any atom is 0.307 e. The minimum atomic E-state index is -0.551. The third-order valence-electron chi connectivity index (χ3n) is 8.16.